The third-order valence-electron chi connectivity index (χ3n) is 5.87. The molecule has 140 valence electrons. The van der Waals surface area contributed by atoms with Crippen molar-refractivity contribution in [3.05, 3.63) is 92.7 Å². The number of fused-ring (bicyclic) bond motifs is 2. The second-order valence-electron chi connectivity index (χ2n) is 7.59. The van der Waals surface area contributed by atoms with Crippen molar-refractivity contribution in [3.8, 4) is 5.69 Å². The molecule has 2 aliphatic rings. The molecule has 2 aromatic heterocycles. The van der Waals surface area contributed by atoms with E-state index in [4.69, 9.17) is 0 Å². The second kappa shape index (κ2) is 6.44. The van der Waals surface area contributed by atoms with Crippen LogP contribution in [0.1, 0.15) is 44.7 Å². The topological polar surface area (TPSA) is 55.2 Å². The van der Waals surface area contributed by atoms with Gasteiger partial charge in [0.25, 0.3) is 11.5 Å². The molecule has 1 aliphatic heterocycles. The average molecular weight is 371 g/mol. The first kappa shape index (κ1) is 16.9. The van der Waals surface area contributed by atoms with Crippen LogP contribution in [0, 0.1) is 6.92 Å². The van der Waals surface area contributed by atoms with Gasteiger partial charge in [0.1, 0.15) is 5.56 Å². The van der Waals surface area contributed by atoms with Gasteiger partial charge in [0, 0.05) is 18.9 Å². The van der Waals surface area contributed by atoms with Gasteiger partial charge in [-0.1, -0.05) is 18.2 Å². The Hall–Kier alpha value is -3.21. The molecule has 0 saturated carbocycles. The molecular weight excluding hydrogens is 350 g/mol. The van der Waals surface area contributed by atoms with E-state index >= 15 is 0 Å². The Kier molecular flexibility index (Phi) is 3.90. The Morgan fingerprint density at radius 3 is 2.75 bits per heavy atom. The highest BCUT2D eigenvalue weighted by Gasteiger charge is 2.28. The normalized spacial score (nSPS) is 14.8. The summed E-state index contributed by atoms with van der Waals surface area (Å²) >= 11 is 0. The summed E-state index contributed by atoms with van der Waals surface area (Å²) in [5, 5.41) is 0. The predicted molar refractivity (Wildman–Crippen MR) is 107 cm³/mol. The van der Waals surface area contributed by atoms with Crippen molar-refractivity contribution in [2.24, 2.45) is 0 Å². The molecule has 5 rings (SSSR count). The minimum atomic E-state index is -0.241. The summed E-state index contributed by atoms with van der Waals surface area (Å²) in [7, 11) is 0. The summed E-state index contributed by atoms with van der Waals surface area (Å²) < 4.78 is 1.64. The summed E-state index contributed by atoms with van der Waals surface area (Å²) in [5.41, 5.74) is 6.11. The quantitative estimate of drug-likeness (QED) is 0.695. The van der Waals surface area contributed by atoms with Crippen LogP contribution < -0.4 is 5.56 Å². The Balaban J connectivity index is 1.57. The van der Waals surface area contributed by atoms with E-state index < -0.39 is 0 Å². The molecule has 3 aromatic rings. The first-order valence-corrected chi connectivity index (χ1v) is 9.69. The second-order valence-corrected chi connectivity index (χ2v) is 7.59. The Bertz CT molecular complexity index is 1140. The number of aryl methyl sites for hydroxylation is 2. The lowest BCUT2D eigenvalue weighted by atomic mass is 10.1. The van der Waals surface area contributed by atoms with Gasteiger partial charge in [-0.25, -0.2) is 0 Å². The van der Waals surface area contributed by atoms with E-state index in [0.717, 1.165) is 36.2 Å². The molecule has 1 aliphatic carbocycles. The van der Waals surface area contributed by atoms with Crippen molar-refractivity contribution < 1.29 is 4.79 Å². The van der Waals surface area contributed by atoms with Gasteiger partial charge in [0.15, 0.2) is 0 Å². The van der Waals surface area contributed by atoms with E-state index in [-0.39, 0.29) is 17.0 Å². The zero-order valence-electron chi connectivity index (χ0n) is 15.8. The lowest BCUT2D eigenvalue weighted by molar-refractivity contribution is 0.0747. The van der Waals surface area contributed by atoms with Crippen molar-refractivity contribution in [1.82, 2.24) is 14.5 Å². The van der Waals surface area contributed by atoms with E-state index in [1.54, 1.807) is 21.9 Å². The van der Waals surface area contributed by atoms with Crippen molar-refractivity contribution in [2.75, 3.05) is 0 Å². The molecule has 28 heavy (non-hydrogen) atoms. The van der Waals surface area contributed by atoms with Gasteiger partial charge >= 0.3 is 0 Å². The smallest absolute Gasteiger partial charge is 0.268 e. The fraction of sp³-hybridized carbons (Fsp3) is 0.261. The Morgan fingerprint density at radius 2 is 1.89 bits per heavy atom. The lowest BCUT2D eigenvalue weighted by Crippen LogP contribution is -2.34. The van der Waals surface area contributed by atoms with Gasteiger partial charge in [0.2, 0.25) is 0 Å². The number of pyridine rings is 2. The summed E-state index contributed by atoms with van der Waals surface area (Å²) in [5.74, 6) is -0.220. The van der Waals surface area contributed by atoms with Crippen LogP contribution in [0.2, 0.25) is 0 Å². The van der Waals surface area contributed by atoms with Gasteiger partial charge in [-0.05, 0) is 66.6 Å². The summed E-state index contributed by atoms with van der Waals surface area (Å²) in [6, 6.07) is 11.8. The highest BCUT2D eigenvalue weighted by molar-refractivity contribution is 5.95. The molecule has 0 atom stereocenters. The number of benzene rings is 1. The largest absolute Gasteiger partial charge is 0.328 e. The number of amides is 1. The van der Waals surface area contributed by atoms with E-state index in [0.29, 0.717) is 18.7 Å². The molecule has 0 spiro atoms. The molecular formula is C23H21N3O2. The maximum absolute atomic E-state index is 13.4. The van der Waals surface area contributed by atoms with E-state index in [1.165, 1.54) is 11.1 Å². The monoisotopic (exact) mass is 371 g/mol. The maximum atomic E-state index is 13.4. The van der Waals surface area contributed by atoms with Gasteiger partial charge in [-0.2, -0.15) is 0 Å². The molecule has 1 amide bonds. The molecule has 0 N–H and O–H groups in total. The molecule has 5 nitrogen and oxygen atoms in total. The number of carbonyl (C=O) groups is 1. The van der Waals surface area contributed by atoms with Gasteiger partial charge in [0.05, 0.1) is 17.9 Å². The zero-order chi connectivity index (χ0) is 19.3. The molecule has 0 saturated heterocycles. The molecule has 1 aromatic carbocycles. The fourth-order valence-electron chi connectivity index (χ4n) is 4.40. The van der Waals surface area contributed by atoms with Gasteiger partial charge in [-0.15, -0.1) is 0 Å². The number of nitrogens with zero attached hydrogens (tertiary/aromatic N) is 3. The number of carbonyl (C=O) groups excluding carboxylic acids is 1. The van der Waals surface area contributed by atoms with Crippen LogP contribution in [-0.4, -0.2) is 20.4 Å². The number of hydrogen-bond donors (Lipinski definition) is 0. The van der Waals surface area contributed by atoms with Crippen LogP contribution in [0.25, 0.3) is 5.69 Å². The first-order valence-electron chi connectivity index (χ1n) is 9.69. The van der Waals surface area contributed by atoms with Crippen LogP contribution in [0.5, 0.6) is 0 Å². The Labute approximate surface area is 163 Å². The first-order chi connectivity index (χ1) is 13.6. The van der Waals surface area contributed by atoms with E-state index in [1.807, 2.05) is 37.3 Å². The van der Waals surface area contributed by atoms with Crippen LogP contribution in [0.3, 0.4) is 0 Å². The van der Waals surface area contributed by atoms with Crippen molar-refractivity contribution in [1.29, 1.82) is 0 Å². The number of rotatable bonds is 2. The molecule has 5 heteroatoms. The minimum absolute atomic E-state index is 0.220. The number of hydrogen-bond acceptors (Lipinski definition) is 3. The molecule has 0 bridgehead atoms. The molecule has 0 fully saturated rings. The van der Waals surface area contributed by atoms with E-state index in [2.05, 4.69) is 11.1 Å². The third kappa shape index (κ3) is 2.58. The standard InChI is InChI=1S/C23H21N3O2/c1-15-10-12-26(20-9-3-6-16-5-2-8-18(16)20)23(28)21(15)22(27)25-13-17-7-4-11-24-19(17)14-25/h3-4,6-7,9-12H,2,5,8,13-14H2,1H3. The van der Waals surface area contributed by atoms with Crippen LogP contribution in [0.15, 0.2) is 53.6 Å². The highest BCUT2D eigenvalue weighted by Crippen LogP contribution is 2.28. The zero-order valence-corrected chi connectivity index (χ0v) is 15.8. The maximum Gasteiger partial charge on any atom is 0.268 e. The van der Waals surface area contributed by atoms with Crippen molar-refractivity contribution >= 4 is 5.91 Å². The summed E-state index contributed by atoms with van der Waals surface area (Å²) in [6.07, 6.45) is 6.67. The van der Waals surface area contributed by atoms with E-state index in [9.17, 15) is 9.59 Å². The van der Waals surface area contributed by atoms with Crippen molar-refractivity contribution in [2.45, 2.75) is 39.3 Å². The SMILES string of the molecule is Cc1ccn(-c2cccc3c2CCC3)c(=O)c1C(=O)N1Cc2cccnc2C1. The average Bonchev–Trinajstić information content (AvgIpc) is 3.34. The minimum Gasteiger partial charge on any atom is -0.328 e. The predicted octanol–water partition coefficient (Wildman–Crippen LogP) is 3.19. The van der Waals surface area contributed by atoms with Gasteiger partial charge < -0.3 is 4.90 Å². The highest BCUT2D eigenvalue weighted by atomic mass is 16.2. The Morgan fingerprint density at radius 1 is 1.04 bits per heavy atom. The number of aromatic nitrogens is 2. The lowest BCUT2D eigenvalue weighted by Gasteiger charge is -2.18. The van der Waals surface area contributed by atoms with Crippen molar-refractivity contribution in [3.63, 3.8) is 0 Å². The van der Waals surface area contributed by atoms with Gasteiger partial charge in [-0.3, -0.25) is 19.1 Å². The fourth-order valence-corrected chi connectivity index (χ4v) is 4.40. The summed E-state index contributed by atoms with van der Waals surface area (Å²) in [4.78, 5) is 32.7. The third-order valence-corrected chi connectivity index (χ3v) is 5.87. The van der Waals surface area contributed by atoms with Crippen LogP contribution in [0.4, 0.5) is 0 Å². The summed E-state index contributed by atoms with van der Waals surface area (Å²) in [6.45, 7) is 2.77. The molecule has 0 radical (unpaired) electrons. The molecule has 3 heterocycles. The van der Waals surface area contributed by atoms with Crippen LogP contribution >= 0.6 is 0 Å². The van der Waals surface area contributed by atoms with Crippen LogP contribution in [-0.2, 0) is 25.9 Å². The molecule has 0 unspecified atom stereocenters.